The van der Waals surface area contributed by atoms with Gasteiger partial charge >= 0.3 is 0 Å². The van der Waals surface area contributed by atoms with Gasteiger partial charge in [0.2, 0.25) is 0 Å². The van der Waals surface area contributed by atoms with Crippen molar-refractivity contribution in [1.29, 1.82) is 0 Å². The molecule has 1 aliphatic heterocycles. The molecule has 5 nitrogen and oxygen atoms in total. The number of nitrogens with zero attached hydrogens (tertiary/aromatic N) is 4. The summed E-state index contributed by atoms with van der Waals surface area (Å²) in [6.45, 7) is 9.15. The highest BCUT2D eigenvalue weighted by atomic mass is 16.2. The lowest BCUT2D eigenvalue weighted by Gasteiger charge is -2.43. The number of aromatic nitrogens is 2. The highest BCUT2D eigenvalue weighted by molar-refractivity contribution is 5.94. The molecule has 0 bridgehead atoms. The normalized spacial score (nSPS) is 18.6. The number of amides is 1. The Kier molecular flexibility index (Phi) is 5.43. The average Bonchev–Trinajstić information content (AvgIpc) is 2.67. The molecule has 3 heterocycles. The third-order valence-electron chi connectivity index (χ3n) is 4.94. The Morgan fingerprint density at radius 2 is 1.96 bits per heavy atom. The second-order valence-corrected chi connectivity index (χ2v) is 6.81. The van der Waals surface area contributed by atoms with Crippen molar-refractivity contribution in [3.05, 3.63) is 48.4 Å². The van der Waals surface area contributed by atoms with Crippen molar-refractivity contribution in [3.63, 3.8) is 0 Å². The van der Waals surface area contributed by atoms with Gasteiger partial charge in [-0.25, -0.2) is 0 Å². The predicted molar refractivity (Wildman–Crippen MR) is 99.3 cm³/mol. The van der Waals surface area contributed by atoms with Crippen LogP contribution in [0.5, 0.6) is 0 Å². The SMILES string of the molecule is CCC1CN(C(=O)c2ccc(-c3ccncc3)nc2)CCN1C(C)C. The summed E-state index contributed by atoms with van der Waals surface area (Å²) >= 11 is 0. The number of carbonyl (C=O) groups is 1. The zero-order valence-electron chi connectivity index (χ0n) is 15.2. The molecule has 0 saturated carbocycles. The minimum atomic E-state index is 0.0793. The molecule has 1 fully saturated rings. The zero-order chi connectivity index (χ0) is 17.8. The maximum Gasteiger partial charge on any atom is 0.255 e. The van der Waals surface area contributed by atoms with Gasteiger partial charge in [-0.3, -0.25) is 19.7 Å². The lowest BCUT2D eigenvalue weighted by Crippen LogP contribution is -2.56. The van der Waals surface area contributed by atoms with E-state index in [0.29, 0.717) is 17.6 Å². The Balaban J connectivity index is 1.71. The van der Waals surface area contributed by atoms with E-state index in [0.717, 1.165) is 37.3 Å². The molecule has 3 rings (SSSR count). The van der Waals surface area contributed by atoms with E-state index >= 15 is 0 Å². The lowest BCUT2D eigenvalue weighted by atomic mass is 10.1. The molecule has 1 unspecified atom stereocenters. The number of pyridine rings is 2. The minimum absolute atomic E-state index is 0.0793. The average molecular weight is 338 g/mol. The van der Waals surface area contributed by atoms with Gasteiger partial charge in [0.25, 0.3) is 5.91 Å². The largest absolute Gasteiger partial charge is 0.336 e. The summed E-state index contributed by atoms with van der Waals surface area (Å²) in [5.74, 6) is 0.0793. The number of rotatable bonds is 4. The Morgan fingerprint density at radius 3 is 2.56 bits per heavy atom. The third kappa shape index (κ3) is 3.87. The first kappa shape index (κ1) is 17.5. The standard InChI is InChI=1S/C20H26N4O/c1-4-18-14-23(11-12-24(18)15(2)3)20(25)17-5-6-19(22-13-17)16-7-9-21-10-8-16/h5-10,13,15,18H,4,11-12,14H2,1-3H3. The molecule has 25 heavy (non-hydrogen) atoms. The number of hydrogen-bond acceptors (Lipinski definition) is 4. The van der Waals surface area contributed by atoms with Crippen LogP contribution >= 0.6 is 0 Å². The first-order valence-corrected chi connectivity index (χ1v) is 9.01. The summed E-state index contributed by atoms with van der Waals surface area (Å²) in [7, 11) is 0. The van der Waals surface area contributed by atoms with Crippen molar-refractivity contribution >= 4 is 5.91 Å². The third-order valence-corrected chi connectivity index (χ3v) is 4.94. The van der Waals surface area contributed by atoms with Gasteiger partial charge in [0.05, 0.1) is 11.3 Å². The van der Waals surface area contributed by atoms with Crippen LogP contribution in [0, 0.1) is 0 Å². The minimum Gasteiger partial charge on any atom is -0.336 e. The Bertz CT molecular complexity index is 699. The van der Waals surface area contributed by atoms with Crippen molar-refractivity contribution in [2.75, 3.05) is 19.6 Å². The first-order chi connectivity index (χ1) is 12.1. The van der Waals surface area contributed by atoms with Gasteiger partial charge in [-0.05, 0) is 44.5 Å². The van der Waals surface area contributed by atoms with Crippen LogP contribution in [-0.4, -0.2) is 57.4 Å². The van der Waals surface area contributed by atoms with Gasteiger partial charge in [-0.15, -0.1) is 0 Å². The summed E-state index contributed by atoms with van der Waals surface area (Å²) in [6, 6.07) is 8.57. The van der Waals surface area contributed by atoms with Crippen LogP contribution in [0.15, 0.2) is 42.9 Å². The summed E-state index contributed by atoms with van der Waals surface area (Å²) in [6.07, 6.45) is 6.24. The van der Waals surface area contributed by atoms with Crippen LogP contribution in [0.25, 0.3) is 11.3 Å². The van der Waals surface area contributed by atoms with Gasteiger partial charge in [-0.2, -0.15) is 0 Å². The summed E-state index contributed by atoms with van der Waals surface area (Å²) in [4.78, 5) is 25.8. The molecule has 1 saturated heterocycles. The molecule has 0 radical (unpaired) electrons. The van der Waals surface area contributed by atoms with Crippen LogP contribution in [-0.2, 0) is 0 Å². The Morgan fingerprint density at radius 1 is 1.20 bits per heavy atom. The number of hydrogen-bond donors (Lipinski definition) is 0. The molecular formula is C20H26N4O. The van der Waals surface area contributed by atoms with Crippen LogP contribution < -0.4 is 0 Å². The Labute approximate surface area is 149 Å². The van der Waals surface area contributed by atoms with Crippen molar-refractivity contribution in [1.82, 2.24) is 19.8 Å². The smallest absolute Gasteiger partial charge is 0.255 e. The summed E-state index contributed by atoms with van der Waals surface area (Å²) in [5, 5.41) is 0. The predicted octanol–water partition coefficient (Wildman–Crippen LogP) is 3.09. The fourth-order valence-electron chi connectivity index (χ4n) is 3.49. The van der Waals surface area contributed by atoms with E-state index < -0.39 is 0 Å². The molecular weight excluding hydrogens is 312 g/mol. The highest BCUT2D eigenvalue weighted by Gasteiger charge is 2.30. The van der Waals surface area contributed by atoms with Crippen molar-refractivity contribution < 1.29 is 4.79 Å². The molecule has 0 aliphatic carbocycles. The van der Waals surface area contributed by atoms with Gasteiger partial charge in [0, 0.05) is 55.9 Å². The van der Waals surface area contributed by atoms with E-state index in [1.807, 2.05) is 29.2 Å². The molecule has 0 aromatic carbocycles. The van der Waals surface area contributed by atoms with Crippen LogP contribution in [0.1, 0.15) is 37.6 Å². The van der Waals surface area contributed by atoms with Gasteiger partial charge in [0.1, 0.15) is 0 Å². The molecule has 1 aliphatic rings. The summed E-state index contributed by atoms with van der Waals surface area (Å²) < 4.78 is 0. The van der Waals surface area contributed by atoms with Crippen molar-refractivity contribution in [3.8, 4) is 11.3 Å². The topological polar surface area (TPSA) is 49.3 Å². The molecule has 2 aromatic heterocycles. The molecule has 0 N–H and O–H groups in total. The molecule has 0 spiro atoms. The molecule has 2 aromatic rings. The zero-order valence-corrected chi connectivity index (χ0v) is 15.2. The van der Waals surface area contributed by atoms with E-state index in [9.17, 15) is 4.79 Å². The monoisotopic (exact) mass is 338 g/mol. The van der Waals surface area contributed by atoms with E-state index in [4.69, 9.17) is 0 Å². The van der Waals surface area contributed by atoms with E-state index in [1.54, 1.807) is 18.6 Å². The van der Waals surface area contributed by atoms with Gasteiger partial charge in [0.15, 0.2) is 0 Å². The van der Waals surface area contributed by atoms with Gasteiger partial charge < -0.3 is 4.90 Å². The van der Waals surface area contributed by atoms with Crippen LogP contribution in [0.2, 0.25) is 0 Å². The maximum atomic E-state index is 12.8. The lowest BCUT2D eigenvalue weighted by molar-refractivity contribution is 0.0371. The second kappa shape index (κ2) is 7.74. The summed E-state index contributed by atoms with van der Waals surface area (Å²) in [5.41, 5.74) is 2.52. The van der Waals surface area contributed by atoms with Crippen molar-refractivity contribution in [2.45, 2.75) is 39.3 Å². The number of carbonyl (C=O) groups excluding carboxylic acids is 1. The molecule has 1 amide bonds. The number of piperazine rings is 1. The second-order valence-electron chi connectivity index (χ2n) is 6.81. The van der Waals surface area contributed by atoms with Crippen LogP contribution in [0.3, 0.4) is 0 Å². The van der Waals surface area contributed by atoms with Crippen molar-refractivity contribution in [2.24, 2.45) is 0 Å². The fourth-order valence-corrected chi connectivity index (χ4v) is 3.49. The first-order valence-electron chi connectivity index (χ1n) is 9.01. The fraction of sp³-hybridized carbons (Fsp3) is 0.450. The van der Waals surface area contributed by atoms with E-state index in [1.165, 1.54) is 0 Å². The quantitative estimate of drug-likeness (QED) is 0.859. The van der Waals surface area contributed by atoms with Gasteiger partial charge in [-0.1, -0.05) is 6.92 Å². The van der Waals surface area contributed by atoms with E-state index in [-0.39, 0.29) is 5.91 Å². The molecule has 5 heteroatoms. The maximum absolute atomic E-state index is 12.8. The van der Waals surface area contributed by atoms with Crippen LogP contribution in [0.4, 0.5) is 0 Å². The highest BCUT2D eigenvalue weighted by Crippen LogP contribution is 2.19. The Hall–Kier alpha value is -2.27. The molecule has 1 atom stereocenters. The van der Waals surface area contributed by atoms with E-state index in [2.05, 4.69) is 35.6 Å². The molecule has 132 valence electrons.